The molecule has 0 aliphatic heterocycles. The fourth-order valence-electron chi connectivity index (χ4n) is 1.91. The number of aromatic nitrogens is 1. The second kappa shape index (κ2) is 6.21. The van der Waals surface area contributed by atoms with Crippen molar-refractivity contribution >= 4 is 44.5 Å². The molecule has 1 aromatic heterocycles. The standard InChI is InChI=1S/C15H12ClN3O2S/c1-21-12-7-9(6-10(16)14(12)20)8-17-19-15-18-11-4-2-3-5-13(11)22-15/h2-8,20H,1H3,(H,18,19)/b17-8+. The van der Waals surface area contributed by atoms with E-state index in [1.165, 1.54) is 18.4 Å². The minimum Gasteiger partial charge on any atom is -0.503 e. The number of benzene rings is 2. The van der Waals surface area contributed by atoms with Gasteiger partial charge >= 0.3 is 0 Å². The van der Waals surface area contributed by atoms with Crippen molar-refractivity contribution in [3.05, 3.63) is 47.0 Å². The minimum atomic E-state index is -0.0829. The van der Waals surface area contributed by atoms with E-state index in [4.69, 9.17) is 16.3 Å². The maximum absolute atomic E-state index is 9.68. The van der Waals surface area contributed by atoms with Gasteiger partial charge in [-0.05, 0) is 29.8 Å². The molecule has 0 aliphatic carbocycles. The predicted octanol–water partition coefficient (Wildman–Crippen LogP) is 4.11. The van der Waals surface area contributed by atoms with Crippen molar-refractivity contribution in [1.82, 2.24) is 4.98 Å². The van der Waals surface area contributed by atoms with E-state index < -0.39 is 0 Å². The molecule has 2 aromatic carbocycles. The number of hydrogen-bond acceptors (Lipinski definition) is 6. The van der Waals surface area contributed by atoms with Gasteiger partial charge in [-0.2, -0.15) is 5.10 Å². The number of nitrogens with zero attached hydrogens (tertiary/aromatic N) is 2. The second-order valence-electron chi connectivity index (χ2n) is 4.41. The Kier molecular flexibility index (Phi) is 4.13. The van der Waals surface area contributed by atoms with E-state index in [2.05, 4.69) is 15.5 Å². The molecular weight excluding hydrogens is 322 g/mol. The van der Waals surface area contributed by atoms with Crippen LogP contribution in [0.25, 0.3) is 10.2 Å². The van der Waals surface area contributed by atoms with Gasteiger partial charge in [0.25, 0.3) is 0 Å². The smallest absolute Gasteiger partial charge is 0.204 e. The molecule has 112 valence electrons. The summed E-state index contributed by atoms with van der Waals surface area (Å²) in [6.07, 6.45) is 1.58. The molecule has 7 heteroatoms. The molecule has 3 rings (SSSR count). The lowest BCUT2D eigenvalue weighted by Crippen LogP contribution is -1.92. The monoisotopic (exact) mass is 333 g/mol. The Hall–Kier alpha value is -2.31. The van der Waals surface area contributed by atoms with E-state index in [0.717, 1.165) is 10.2 Å². The van der Waals surface area contributed by atoms with Crippen molar-refractivity contribution in [2.75, 3.05) is 12.5 Å². The third-order valence-corrected chi connectivity index (χ3v) is 4.17. The van der Waals surface area contributed by atoms with Gasteiger partial charge in [-0.25, -0.2) is 4.98 Å². The van der Waals surface area contributed by atoms with Crippen LogP contribution in [-0.4, -0.2) is 23.4 Å². The van der Waals surface area contributed by atoms with E-state index in [9.17, 15) is 5.11 Å². The van der Waals surface area contributed by atoms with E-state index in [1.54, 1.807) is 18.3 Å². The summed E-state index contributed by atoms with van der Waals surface area (Å²) in [7, 11) is 1.46. The van der Waals surface area contributed by atoms with Crippen LogP contribution in [0.1, 0.15) is 5.56 Å². The Morgan fingerprint density at radius 2 is 2.18 bits per heavy atom. The zero-order valence-electron chi connectivity index (χ0n) is 11.6. The minimum absolute atomic E-state index is 0.0829. The van der Waals surface area contributed by atoms with Gasteiger partial charge in [-0.3, -0.25) is 5.43 Å². The lowest BCUT2D eigenvalue weighted by atomic mass is 10.2. The Bertz CT molecular complexity index is 815. The molecule has 0 radical (unpaired) electrons. The average Bonchev–Trinajstić information content (AvgIpc) is 2.93. The van der Waals surface area contributed by atoms with E-state index >= 15 is 0 Å². The third-order valence-electron chi connectivity index (χ3n) is 2.94. The molecule has 0 bridgehead atoms. The lowest BCUT2D eigenvalue weighted by molar-refractivity contribution is 0.373. The van der Waals surface area contributed by atoms with Gasteiger partial charge in [-0.15, -0.1) is 0 Å². The molecule has 3 aromatic rings. The first-order chi connectivity index (χ1) is 10.7. The quantitative estimate of drug-likeness (QED) is 0.557. The van der Waals surface area contributed by atoms with Crippen LogP contribution in [0.2, 0.25) is 5.02 Å². The number of hydrazone groups is 1. The highest BCUT2D eigenvalue weighted by Gasteiger charge is 2.08. The summed E-state index contributed by atoms with van der Waals surface area (Å²) in [5.74, 6) is 0.217. The molecule has 22 heavy (non-hydrogen) atoms. The summed E-state index contributed by atoms with van der Waals surface area (Å²) in [6.45, 7) is 0. The molecule has 0 saturated carbocycles. The first-order valence-electron chi connectivity index (χ1n) is 6.38. The number of thiazole rings is 1. The van der Waals surface area contributed by atoms with Gasteiger partial charge in [0.15, 0.2) is 11.5 Å². The molecule has 2 N–H and O–H groups in total. The van der Waals surface area contributed by atoms with Crippen LogP contribution in [-0.2, 0) is 0 Å². The number of anilines is 1. The van der Waals surface area contributed by atoms with Crippen LogP contribution in [0.4, 0.5) is 5.13 Å². The van der Waals surface area contributed by atoms with Gasteiger partial charge in [-0.1, -0.05) is 35.1 Å². The van der Waals surface area contributed by atoms with Crippen LogP contribution in [0.15, 0.2) is 41.5 Å². The van der Waals surface area contributed by atoms with Crippen molar-refractivity contribution in [3.8, 4) is 11.5 Å². The number of phenolic OH excluding ortho intramolecular Hbond substituents is 1. The number of halogens is 1. The maximum atomic E-state index is 9.68. The normalized spacial score (nSPS) is 11.2. The van der Waals surface area contributed by atoms with Gasteiger partial charge in [0.05, 0.1) is 28.6 Å². The number of aromatic hydroxyl groups is 1. The Labute approximate surface area is 135 Å². The number of fused-ring (bicyclic) bond motifs is 1. The van der Waals surface area contributed by atoms with Gasteiger partial charge < -0.3 is 9.84 Å². The van der Waals surface area contributed by atoms with Crippen LogP contribution in [0.5, 0.6) is 11.5 Å². The fourth-order valence-corrected chi connectivity index (χ4v) is 2.94. The molecule has 1 heterocycles. The molecule has 0 amide bonds. The first kappa shape index (κ1) is 14.6. The molecule has 5 nitrogen and oxygen atoms in total. The summed E-state index contributed by atoms with van der Waals surface area (Å²) >= 11 is 7.44. The predicted molar refractivity (Wildman–Crippen MR) is 90.5 cm³/mol. The third kappa shape index (κ3) is 2.98. The summed E-state index contributed by atoms with van der Waals surface area (Å²) in [4.78, 5) is 4.41. The number of hydrogen-bond donors (Lipinski definition) is 2. The summed E-state index contributed by atoms with van der Waals surface area (Å²) in [5, 5.41) is 14.7. The Morgan fingerprint density at radius 1 is 1.36 bits per heavy atom. The van der Waals surface area contributed by atoms with Gasteiger partial charge in [0.1, 0.15) is 0 Å². The molecule has 0 fully saturated rings. The van der Waals surface area contributed by atoms with E-state index in [1.807, 2.05) is 24.3 Å². The molecular formula is C15H12ClN3O2S. The van der Waals surface area contributed by atoms with Crippen molar-refractivity contribution in [2.45, 2.75) is 0 Å². The number of methoxy groups -OCH3 is 1. The number of para-hydroxylation sites is 1. The average molecular weight is 334 g/mol. The maximum Gasteiger partial charge on any atom is 0.204 e. The zero-order valence-corrected chi connectivity index (χ0v) is 13.1. The highest BCUT2D eigenvalue weighted by Crippen LogP contribution is 2.34. The SMILES string of the molecule is COc1cc(/C=N/Nc2nc3ccccc3s2)cc(Cl)c1O. The summed E-state index contributed by atoms with van der Waals surface area (Å²) < 4.78 is 6.14. The molecule has 0 atom stereocenters. The van der Waals surface area contributed by atoms with Crippen molar-refractivity contribution in [3.63, 3.8) is 0 Å². The van der Waals surface area contributed by atoms with Crippen LogP contribution < -0.4 is 10.2 Å². The summed E-state index contributed by atoms with van der Waals surface area (Å²) in [6, 6.07) is 11.1. The zero-order chi connectivity index (χ0) is 15.5. The second-order valence-corrected chi connectivity index (χ2v) is 5.85. The van der Waals surface area contributed by atoms with Crippen LogP contribution >= 0.6 is 22.9 Å². The summed E-state index contributed by atoms with van der Waals surface area (Å²) in [5.41, 5.74) is 4.52. The molecule has 0 unspecified atom stereocenters. The highest BCUT2D eigenvalue weighted by atomic mass is 35.5. The first-order valence-corrected chi connectivity index (χ1v) is 7.58. The van der Waals surface area contributed by atoms with Crippen molar-refractivity contribution in [1.29, 1.82) is 0 Å². The largest absolute Gasteiger partial charge is 0.503 e. The van der Waals surface area contributed by atoms with Gasteiger partial charge in [0, 0.05) is 0 Å². The number of ether oxygens (including phenoxy) is 1. The number of phenols is 1. The lowest BCUT2D eigenvalue weighted by Gasteiger charge is -2.05. The Balaban J connectivity index is 1.78. The van der Waals surface area contributed by atoms with Crippen molar-refractivity contribution < 1.29 is 9.84 Å². The van der Waals surface area contributed by atoms with Crippen molar-refractivity contribution in [2.24, 2.45) is 5.10 Å². The van der Waals surface area contributed by atoms with Crippen LogP contribution in [0, 0.1) is 0 Å². The number of rotatable bonds is 4. The van der Waals surface area contributed by atoms with Crippen LogP contribution in [0.3, 0.4) is 0 Å². The molecule has 0 spiro atoms. The van der Waals surface area contributed by atoms with E-state index in [0.29, 0.717) is 16.4 Å². The number of nitrogens with one attached hydrogen (secondary N) is 1. The topological polar surface area (TPSA) is 66.7 Å². The Morgan fingerprint density at radius 3 is 2.95 bits per heavy atom. The van der Waals surface area contributed by atoms with E-state index in [-0.39, 0.29) is 10.8 Å². The molecule has 0 aliphatic rings. The fraction of sp³-hybridized carbons (Fsp3) is 0.0667. The van der Waals surface area contributed by atoms with Gasteiger partial charge in [0.2, 0.25) is 5.13 Å². The highest BCUT2D eigenvalue weighted by molar-refractivity contribution is 7.22. The molecule has 0 saturated heterocycles.